The fourth-order valence-corrected chi connectivity index (χ4v) is 4.53. The Morgan fingerprint density at radius 1 is 0.846 bits per heavy atom. The van der Waals surface area contributed by atoms with E-state index in [0.29, 0.717) is 11.1 Å². The van der Waals surface area contributed by atoms with Gasteiger partial charge in [-0.2, -0.15) is 8.42 Å². The van der Waals surface area contributed by atoms with Gasteiger partial charge in [0.2, 0.25) is 0 Å². The Morgan fingerprint density at radius 2 is 1.46 bits per heavy atom. The molecule has 208 valence electrons. The number of nitrogens with one attached hydrogen (secondary N) is 2. The van der Waals surface area contributed by atoms with Crippen molar-refractivity contribution in [1.82, 2.24) is 4.90 Å². The maximum atomic E-state index is 13.2. The number of amides is 2. The lowest BCUT2D eigenvalue weighted by molar-refractivity contribution is 0.101. The largest absolute Gasteiger partial charge is 0.446 e. The number of carbonyl (C=O) groups is 2. The summed E-state index contributed by atoms with van der Waals surface area (Å²) in [6.45, 7) is 5.67. The molecule has 0 unspecified atom stereocenters. The molecule has 1 aliphatic heterocycles. The molecule has 0 bridgehead atoms. The lowest BCUT2D eigenvalue weighted by Crippen LogP contribution is -2.28. The number of likely N-dealkylation sites (N-methyl/N-ethyl adjacent to an activating group) is 1. The summed E-state index contributed by atoms with van der Waals surface area (Å²) in [5.41, 5.74) is 2.64. The van der Waals surface area contributed by atoms with E-state index in [9.17, 15) is 22.6 Å². The zero-order valence-corrected chi connectivity index (χ0v) is 22.0. The smallest absolute Gasteiger partial charge is 0.370 e. The van der Waals surface area contributed by atoms with Gasteiger partial charge in [-0.15, -0.1) is 0 Å². The molecular weight excluding hydrogens is 520 g/mol. The molecule has 1 fully saturated rings. The van der Waals surface area contributed by atoms with E-state index < -0.39 is 22.2 Å². The van der Waals surface area contributed by atoms with E-state index in [1.54, 1.807) is 36.4 Å². The zero-order valence-electron chi connectivity index (χ0n) is 21.2. The topological polar surface area (TPSA) is 128 Å². The number of para-hydroxylation sites is 1. The van der Waals surface area contributed by atoms with Crippen molar-refractivity contribution in [3.05, 3.63) is 83.4 Å². The predicted octanol–water partition coefficient (Wildman–Crippen LogP) is 4.46. The normalized spacial score (nSPS) is 14.1. The fraction of sp³-hybridized carbons (Fsp3) is 0.286. The van der Waals surface area contributed by atoms with Gasteiger partial charge in [0.1, 0.15) is 5.69 Å². The first-order valence-corrected chi connectivity index (χ1v) is 13.5. The lowest BCUT2D eigenvalue weighted by atomic mass is 10.1. The number of anilines is 3. The average Bonchev–Trinajstić information content (AvgIpc) is 3.10. The van der Waals surface area contributed by atoms with Crippen LogP contribution in [0.3, 0.4) is 0 Å². The molecule has 0 atom stereocenters. The van der Waals surface area contributed by atoms with Gasteiger partial charge in [-0.3, -0.25) is 14.1 Å². The molecule has 1 heterocycles. The molecule has 0 saturated carbocycles. The molecule has 1 aliphatic rings. The third kappa shape index (κ3) is 8.03. The number of rotatable bonds is 7. The van der Waals surface area contributed by atoms with Gasteiger partial charge in [0, 0.05) is 36.4 Å². The zero-order chi connectivity index (χ0) is 27.3. The van der Waals surface area contributed by atoms with Gasteiger partial charge in [0.15, 0.2) is 5.75 Å². The maximum Gasteiger partial charge on any atom is 0.446 e. The third-order valence-corrected chi connectivity index (χ3v) is 6.63. The molecule has 1 saturated heterocycles. The Hall–Kier alpha value is -3.93. The van der Waals surface area contributed by atoms with Crippen LogP contribution >= 0.6 is 0 Å². The highest BCUT2D eigenvalue weighted by atomic mass is 32.3. The van der Waals surface area contributed by atoms with Gasteiger partial charge in [0.05, 0.1) is 5.69 Å². The number of hydrogen-bond acceptors (Lipinski definition) is 7. The van der Waals surface area contributed by atoms with Gasteiger partial charge in [-0.05, 0) is 75.5 Å². The van der Waals surface area contributed by atoms with Gasteiger partial charge in [-0.25, -0.2) is 0 Å². The number of carbonyl (C=O) groups excluding carboxylic acids is 2. The predicted molar refractivity (Wildman–Crippen MR) is 153 cm³/mol. The van der Waals surface area contributed by atoms with E-state index in [1.165, 1.54) is 18.2 Å². The van der Waals surface area contributed by atoms with Crippen LogP contribution in [-0.4, -0.2) is 62.9 Å². The quantitative estimate of drug-likeness (QED) is 0.365. The highest BCUT2D eigenvalue weighted by Crippen LogP contribution is 2.34. The SMILES string of the molecule is C.Cc1ccc(C(=O)Nc2cccc(OS(=O)(=O)O)c2NC(=O)c2ccc(N3CCCN(C)CC3)cc2)cc1. The van der Waals surface area contributed by atoms with Crippen molar-refractivity contribution in [2.45, 2.75) is 20.8 Å². The Labute approximate surface area is 229 Å². The Kier molecular flexibility index (Phi) is 9.68. The van der Waals surface area contributed by atoms with Crippen molar-refractivity contribution in [1.29, 1.82) is 0 Å². The van der Waals surface area contributed by atoms with Crippen LogP contribution in [0, 0.1) is 6.92 Å². The summed E-state index contributed by atoms with van der Waals surface area (Å²) in [6.07, 6.45) is 1.04. The number of hydrogen-bond donors (Lipinski definition) is 3. The third-order valence-electron chi connectivity index (χ3n) is 6.24. The highest BCUT2D eigenvalue weighted by molar-refractivity contribution is 7.81. The van der Waals surface area contributed by atoms with Crippen LogP contribution in [0.1, 0.15) is 40.1 Å². The first-order valence-electron chi connectivity index (χ1n) is 12.1. The minimum absolute atomic E-state index is 0. The first-order chi connectivity index (χ1) is 18.1. The van der Waals surface area contributed by atoms with Crippen LogP contribution in [0.4, 0.5) is 17.1 Å². The van der Waals surface area contributed by atoms with Crippen LogP contribution < -0.4 is 19.7 Å². The van der Waals surface area contributed by atoms with Crippen molar-refractivity contribution >= 4 is 39.3 Å². The molecule has 10 nitrogen and oxygen atoms in total. The highest BCUT2D eigenvalue weighted by Gasteiger charge is 2.20. The van der Waals surface area contributed by atoms with Gasteiger partial charge >= 0.3 is 10.4 Å². The molecule has 0 spiro atoms. The standard InChI is InChI=1S/C27H30N4O6S.CH4/c1-19-7-9-20(10-8-19)26(32)28-23-5-3-6-24(37-38(34,35)36)25(23)29-27(33)21-11-13-22(14-12-21)31-16-4-15-30(2)17-18-31;/h3,5-14H,4,15-18H2,1-2H3,(H,28,32)(H,29,33)(H,34,35,36);1H4. The molecule has 11 heteroatoms. The summed E-state index contributed by atoms with van der Waals surface area (Å²) in [7, 11) is -2.80. The second-order valence-corrected chi connectivity index (χ2v) is 10.2. The van der Waals surface area contributed by atoms with Crippen LogP contribution in [0.2, 0.25) is 0 Å². The molecule has 39 heavy (non-hydrogen) atoms. The summed E-state index contributed by atoms with van der Waals surface area (Å²) < 4.78 is 36.8. The number of benzene rings is 3. The van der Waals surface area contributed by atoms with Crippen molar-refractivity contribution in [3.63, 3.8) is 0 Å². The van der Waals surface area contributed by atoms with Crippen molar-refractivity contribution in [2.24, 2.45) is 0 Å². The lowest BCUT2D eigenvalue weighted by Gasteiger charge is -2.23. The van der Waals surface area contributed by atoms with Crippen molar-refractivity contribution in [2.75, 3.05) is 48.8 Å². The summed E-state index contributed by atoms with van der Waals surface area (Å²) >= 11 is 0. The second-order valence-electron chi connectivity index (χ2n) is 9.15. The van der Waals surface area contributed by atoms with Crippen molar-refractivity contribution in [3.8, 4) is 5.75 Å². The Morgan fingerprint density at radius 3 is 2.10 bits per heavy atom. The van der Waals surface area contributed by atoms with E-state index in [4.69, 9.17) is 0 Å². The van der Waals surface area contributed by atoms with Crippen LogP contribution in [-0.2, 0) is 10.4 Å². The summed E-state index contributed by atoms with van der Waals surface area (Å²) in [6, 6.07) is 18.1. The summed E-state index contributed by atoms with van der Waals surface area (Å²) in [5.74, 6) is -1.38. The summed E-state index contributed by atoms with van der Waals surface area (Å²) in [4.78, 5) is 30.5. The van der Waals surface area contributed by atoms with E-state index in [2.05, 4.69) is 31.7 Å². The molecule has 3 N–H and O–H groups in total. The van der Waals surface area contributed by atoms with E-state index in [-0.39, 0.29) is 24.6 Å². The van der Waals surface area contributed by atoms with Crippen LogP contribution in [0.15, 0.2) is 66.7 Å². The van der Waals surface area contributed by atoms with Crippen LogP contribution in [0.25, 0.3) is 0 Å². The molecule has 0 radical (unpaired) electrons. The molecule has 0 aromatic heterocycles. The average molecular weight is 555 g/mol. The first kappa shape index (κ1) is 29.6. The Bertz CT molecular complexity index is 1410. The van der Waals surface area contributed by atoms with Gasteiger partial charge < -0.3 is 24.6 Å². The fourth-order valence-electron chi connectivity index (χ4n) is 4.16. The molecule has 3 aromatic carbocycles. The van der Waals surface area contributed by atoms with E-state index in [1.807, 2.05) is 19.1 Å². The number of aryl methyl sites for hydroxylation is 1. The van der Waals surface area contributed by atoms with Crippen molar-refractivity contribution < 1.29 is 26.7 Å². The van der Waals surface area contributed by atoms with Gasteiger partial charge in [-0.1, -0.05) is 31.2 Å². The van der Waals surface area contributed by atoms with Crippen LogP contribution in [0.5, 0.6) is 5.75 Å². The summed E-state index contributed by atoms with van der Waals surface area (Å²) in [5, 5.41) is 5.29. The molecule has 3 aromatic rings. The molecule has 4 rings (SSSR count). The maximum absolute atomic E-state index is 13.2. The van der Waals surface area contributed by atoms with E-state index >= 15 is 0 Å². The second kappa shape index (κ2) is 12.7. The molecular formula is C28H34N4O6S. The minimum atomic E-state index is -4.90. The minimum Gasteiger partial charge on any atom is -0.370 e. The van der Waals surface area contributed by atoms with E-state index in [0.717, 1.165) is 43.9 Å². The Balaban J connectivity index is 0.00000420. The molecule has 0 aliphatic carbocycles. The monoisotopic (exact) mass is 554 g/mol. The number of nitrogens with zero attached hydrogens (tertiary/aromatic N) is 2. The van der Waals surface area contributed by atoms with Gasteiger partial charge in [0.25, 0.3) is 11.8 Å². The molecule has 2 amide bonds.